The molecule has 6 rings (SSSR count). The zero-order valence-electron chi connectivity index (χ0n) is 23.0. The number of carbonyl (C=O) groups is 2. The molecular weight excluding hydrogens is 544 g/mol. The molecule has 1 fully saturated rings. The van der Waals surface area contributed by atoms with Crippen molar-refractivity contribution < 1.29 is 33.6 Å². The molecule has 10 heteroatoms. The number of benzene rings is 3. The number of aromatic nitrogens is 1. The number of carbonyl (C=O) groups excluding carboxylic acids is 2. The minimum absolute atomic E-state index is 0.0648. The molecule has 3 heterocycles. The number of aliphatic hydroxyl groups is 1. The molecule has 2 aliphatic heterocycles. The molecular formula is C31H28N2O7S. The number of thiazole rings is 1. The van der Waals surface area contributed by atoms with Crippen molar-refractivity contribution in [3.63, 3.8) is 0 Å². The van der Waals surface area contributed by atoms with Crippen LogP contribution in [0.5, 0.6) is 23.0 Å². The quantitative estimate of drug-likeness (QED) is 0.178. The van der Waals surface area contributed by atoms with Crippen molar-refractivity contribution in [2.45, 2.75) is 26.8 Å². The first-order valence-corrected chi connectivity index (χ1v) is 14.0. The average Bonchev–Trinajstić information content (AvgIpc) is 3.51. The SMILES string of the molecule is CCOc1ccc(C2/C(=C(/O)c3ccc4c(c3)OCCO4)C(=O)C(=O)N2c2nc3c(C)cc(C)cc3s2)cc1OC. The first kappa shape index (κ1) is 26.6. The topological polar surface area (TPSA) is 107 Å². The largest absolute Gasteiger partial charge is 0.507 e. The van der Waals surface area contributed by atoms with Gasteiger partial charge in [-0.05, 0) is 73.9 Å². The van der Waals surface area contributed by atoms with Gasteiger partial charge in [-0.2, -0.15) is 0 Å². The second-order valence-corrected chi connectivity index (χ2v) is 10.8. The van der Waals surface area contributed by atoms with Crippen molar-refractivity contribution in [2.24, 2.45) is 0 Å². The predicted octanol–water partition coefficient (Wildman–Crippen LogP) is 5.72. The summed E-state index contributed by atoms with van der Waals surface area (Å²) in [6, 6.07) is 13.2. The second kappa shape index (κ2) is 10.4. The Morgan fingerprint density at radius 2 is 1.83 bits per heavy atom. The highest BCUT2D eigenvalue weighted by Crippen LogP contribution is 2.46. The van der Waals surface area contributed by atoms with Crippen LogP contribution < -0.4 is 23.8 Å². The smallest absolute Gasteiger partial charge is 0.301 e. The van der Waals surface area contributed by atoms with E-state index in [4.69, 9.17) is 23.9 Å². The van der Waals surface area contributed by atoms with E-state index in [1.165, 1.54) is 23.3 Å². The first-order chi connectivity index (χ1) is 19.8. The zero-order valence-corrected chi connectivity index (χ0v) is 23.8. The van der Waals surface area contributed by atoms with Gasteiger partial charge in [0.25, 0.3) is 5.78 Å². The van der Waals surface area contributed by atoms with Crippen LogP contribution in [0.4, 0.5) is 5.13 Å². The summed E-state index contributed by atoms with van der Waals surface area (Å²) in [5.74, 6) is 0.0253. The van der Waals surface area contributed by atoms with Crippen molar-refractivity contribution in [3.8, 4) is 23.0 Å². The van der Waals surface area contributed by atoms with Crippen LogP contribution in [-0.2, 0) is 9.59 Å². The van der Waals surface area contributed by atoms with E-state index in [9.17, 15) is 14.7 Å². The fourth-order valence-electron chi connectivity index (χ4n) is 5.28. The standard InChI is InChI=1S/C31H28N2O7S/c1-5-38-20-8-6-18(14-22(20)37-4)27-25(28(34)19-7-9-21-23(15-19)40-11-10-39-21)29(35)30(36)33(27)31-32-26-17(3)12-16(2)13-24(26)41-31/h6-9,12-15,27,34H,5,10-11H2,1-4H3/b28-25-. The van der Waals surface area contributed by atoms with E-state index in [1.54, 1.807) is 36.4 Å². The number of aryl methyl sites for hydroxylation is 2. The lowest BCUT2D eigenvalue weighted by atomic mass is 9.95. The highest BCUT2D eigenvalue weighted by molar-refractivity contribution is 7.22. The van der Waals surface area contributed by atoms with E-state index in [0.29, 0.717) is 59.1 Å². The van der Waals surface area contributed by atoms with Gasteiger partial charge in [-0.1, -0.05) is 23.5 Å². The van der Waals surface area contributed by atoms with Gasteiger partial charge in [0.15, 0.2) is 28.1 Å². The fourth-order valence-corrected chi connectivity index (χ4v) is 6.45. The van der Waals surface area contributed by atoms with Crippen LogP contribution in [0, 0.1) is 13.8 Å². The van der Waals surface area contributed by atoms with Crippen molar-refractivity contribution >= 4 is 44.1 Å². The van der Waals surface area contributed by atoms with Gasteiger partial charge in [-0.15, -0.1) is 0 Å². The number of aliphatic hydroxyl groups excluding tert-OH is 1. The average molecular weight is 573 g/mol. The summed E-state index contributed by atoms with van der Waals surface area (Å²) < 4.78 is 23.5. The first-order valence-electron chi connectivity index (χ1n) is 13.2. The summed E-state index contributed by atoms with van der Waals surface area (Å²) in [7, 11) is 1.52. The Kier molecular flexibility index (Phi) is 6.78. The molecule has 210 valence electrons. The summed E-state index contributed by atoms with van der Waals surface area (Å²) >= 11 is 1.32. The zero-order chi connectivity index (χ0) is 28.8. The van der Waals surface area contributed by atoms with E-state index in [-0.39, 0.29) is 11.3 Å². The molecule has 0 aliphatic carbocycles. The predicted molar refractivity (Wildman–Crippen MR) is 155 cm³/mol. The van der Waals surface area contributed by atoms with Crippen LogP contribution in [0.1, 0.15) is 35.2 Å². The number of methoxy groups -OCH3 is 1. The van der Waals surface area contributed by atoms with E-state index >= 15 is 0 Å². The Morgan fingerprint density at radius 3 is 2.59 bits per heavy atom. The van der Waals surface area contributed by atoms with Crippen molar-refractivity contribution in [2.75, 3.05) is 31.8 Å². The molecule has 41 heavy (non-hydrogen) atoms. The number of hydrogen-bond acceptors (Lipinski definition) is 9. The van der Waals surface area contributed by atoms with E-state index in [0.717, 1.165) is 21.3 Å². The maximum absolute atomic E-state index is 13.7. The lowest BCUT2D eigenvalue weighted by Gasteiger charge is -2.24. The van der Waals surface area contributed by atoms with E-state index < -0.39 is 17.7 Å². The Hall–Kier alpha value is -4.57. The summed E-state index contributed by atoms with van der Waals surface area (Å²) in [5.41, 5.74) is 3.60. The molecule has 1 amide bonds. The number of Topliss-reactive ketones (excluding diaryl/α,β-unsaturated/α-hetero) is 1. The maximum Gasteiger partial charge on any atom is 0.301 e. The molecule has 0 radical (unpaired) electrons. The van der Waals surface area contributed by atoms with Gasteiger partial charge >= 0.3 is 5.91 Å². The normalized spacial score (nSPS) is 17.8. The van der Waals surface area contributed by atoms with Gasteiger partial charge < -0.3 is 24.1 Å². The van der Waals surface area contributed by atoms with Crippen LogP contribution in [0.2, 0.25) is 0 Å². The molecule has 9 nitrogen and oxygen atoms in total. The molecule has 0 spiro atoms. The van der Waals surface area contributed by atoms with Crippen LogP contribution in [0.25, 0.3) is 16.0 Å². The third kappa shape index (κ3) is 4.54. The van der Waals surface area contributed by atoms with E-state index in [1.807, 2.05) is 32.9 Å². The van der Waals surface area contributed by atoms with Gasteiger partial charge in [-0.25, -0.2) is 4.98 Å². The van der Waals surface area contributed by atoms with Crippen LogP contribution in [-0.4, -0.2) is 48.7 Å². The number of ether oxygens (including phenoxy) is 4. The molecule has 2 aliphatic rings. The molecule has 0 saturated carbocycles. The number of ketones is 1. The number of rotatable bonds is 6. The van der Waals surface area contributed by atoms with Gasteiger partial charge in [0.05, 0.1) is 35.5 Å². The lowest BCUT2D eigenvalue weighted by Crippen LogP contribution is -2.29. The molecule has 1 aromatic heterocycles. The van der Waals surface area contributed by atoms with Crippen LogP contribution in [0.3, 0.4) is 0 Å². The third-order valence-corrected chi connectivity index (χ3v) is 8.09. The third-order valence-electron chi connectivity index (χ3n) is 7.09. The summed E-state index contributed by atoms with van der Waals surface area (Å²) in [5, 5.41) is 12.0. The highest BCUT2D eigenvalue weighted by Gasteiger charge is 2.48. The van der Waals surface area contributed by atoms with Crippen LogP contribution in [0.15, 0.2) is 54.1 Å². The Labute approximate surface area is 240 Å². The second-order valence-electron chi connectivity index (χ2n) is 9.80. The molecule has 4 aromatic rings. The minimum atomic E-state index is -0.977. The minimum Gasteiger partial charge on any atom is -0.507 e. The summed E-state index contributed by atoms with van der Waals surface area (Å²) in [4.78, 5) is 33.6. The van der Waals surface area contributed by atoms with Crippen LogP contribution >= 0.6 is 11.3 Å². The lowest BCUT2D eigenvalue weighted by molar-refractivity contribution is -0.132. The monoisotopic (exact) mass is 572 g/mol. The molecule has 1 saturated heterocycles. The number of amides is 1. The van der Waals surface area contributed by atoms with Gasteiger partial charge in [0.1, 0.15) is 19.0 Å². The Morgan fingerprint density at radius 1 is 1.05 bits per heavy atom. The molecule has 1 N–H and O–H groups in total. The summed E-state index contributed by atoms with van der Waals surface area (Å²) in [6.45, 7) is 7.05. The number of hydrogen-bond donors (Lipinski definition) is 1. The molecule has 1 atom stereocenters. The van der Waals surface area contributed by atoms with Crippen molar-refractivity contribution in [1.82, 2.24) is 4.98 Å². The number of fused-ring (bicyclic) bond motifs is 2. The molecule has 1 unspecified atom stereocenters. The fraction of sp³-hybridized carbons (Fsp3) is 0.258. The van der Waals surface area contributed by atoms with Crippen molar-refractivity contribution in [3.05, 3.63) is 76.4 Å². The Balaban J connectivity index is 1.56. The van der Waals surface area contributed by atoms with Crippen molar-refractivity contribution in [1.29, 1.82) is 0 Å². The van der Waals surface area contributed by atoms with E-state index in [2.05, 4.69) is 0 Å². The van der Waals surface area contributed by atoms with Gasteiger partial charge in [-0.3, -0.25) is 14.5 Å². The van der Waals surface area contributed by atoms with Gasteiger partial charge in [0.2, 0.25) is 0 Å². The summed E-state index contributed by atoms with van der Waals surface area (Å²) in [6.07, 6.45) is 0. The van der Waals surface area contributed by atoms with Gasteiger partial charge in [0, 0.05) is 5.56 Å². The number of anilines is 1. The Bertz CT molecular complexity index is 1740. The highest BCUT2D eigenvalue weighted by atomic mass is 32.1. The molecule has 0 bridgehead atoms. The molecule has 3 aromatic carbocycles. The maximum atomic E-state index is 13.7. The number of nitrogens with zero attached hydrogens (tertiary/aromatic N) is 2.